The van der Waals surface area contributed by atoms with E-state index in [4.69, 9.17) is 10.5 Å². The van der Waals surface area contributed by atoms with Gasteiger partial charge in [-0.2, -0.15) is 0 Å². The van der Waals surface area contributed by atoms with Gasteiger partial charge >= 0.3 is 5.97 Å². The van der Waals surface area contributed by atoms with Crippen molar-refractivity contribution >= 4 is 11.7 Å². The summed E-state index contributed by atoms with van der Waals surface area (Å²) in [5.74, 6) is -2.24. The molecule has 0 radical (unpaired) electrons. The van der Waals surface area contributed by atoms with Crippen LogP contribution in [0, 0.1) is 11.6 Å². The zero-order valence-electron chi connectivity index (χ0n) is 11.2. The highest BCUT2D eigenvalue weighted by Gasteiger charge is 2.16. The van der Waals surface area contributed by atoms with Gasteiger partial charge in [0.1, 0.15) is 12.4 Å². The number of esters is 1. The van der Waals surface area contributed by atoms with Crippen LogP contribution in [0.25, 0.3) is 0 Å². The monoisotopic (exact) mass is 293 g/mol. The summed E-state index contributed by atoms with van der Waals surface area (Å²) in [6.45, 7) is -0.0992. The summed E-state index contributed by atoms with van der Waals surface area (Å²) in [7, 11) is 1.24. The van der Waals surface area contributed by atoms with Crippen LogP contribution in [0.2, 0.25) is 0 Å². The van der Waals surface area contributed by atoms with Gasteiger partial charge < -0.3 is 15.2 Å². The number of hydrogen-bond donors (Lipinski definition) is 1. The molecule has 0 atom stereocenters. The fraction of sp³-hybridized carbons (Fsp3) is 0.133. The minimum atomic E-state index is -0.821. The van der Waals surface area contributed by atoms with Gasteiger partial charge in [0.25, 0.3) is 0 Å². The predicted molar refractivity (Wildman–Crippen MR) is 72.9 cm³/mol. The Kier molecular flexibility index (Phi) is 4.37. The smallest absolute Gasteiger partial charge is 0.340 e. The van der Waals surface area contributed by atoms with Crippen LogP contribution < -0.4 is 10.5 Å². The lowest BCUT2D eigenvalue weighted by atomic mass is 10.1. The topological polar surface area (TPSA) is 61.5 Å². The second kappa shape index (κ2) is 6.21. The Morgan fingerprint density at radius 2 is 2.00 bits per heavy atom. The minimum absolute atomic E-state index is 0.0992. The van der Waals surface area contributed by atoms with E-state index < -0.39 is 17.6 Å². The van der Waals surface area contributed by atoms with Crippen LogP contribution in [-0.4, -0.2) is 13.1 Å². The first kappa shape index (κ1) is 14.8. The number of halogens is 2. The number of carbonyl (C=O) groups is 1. The molecular formula is C15H13F2NO3. The van der Waals surface area contributed by atoms with E-state index in [1.54, 1.807) is 18.2 Å². The molecule has 0 aliphatic carbocycles. The lowest BCUT2D eigenvalue weighted by Crippen LogP contribution is -2.11. The highest BCUT2D eigenvalue weighted by atomic mass is 19.1. The van der Waals surface area contributed by atoms with Crippen LogP contribution >= 0.6 is 0 Å². The maximum atomic E-state index is 13.5. The number of carbonyl (C=O) groups excluding carboxylic acids is 1. The molecule has 0 heterocycles. The molecule has 110 valence electrons. The summed E-state index contributed by atoms with van der Waals surface area (Å²) >= 11 is 0. The van der Waals surface area contributed by atoms with Crippen molar-refractivity contribution in [2.24, 2.45) is 0 Å². The molecule has 0 unspecified atom stereocenters. The van der Waals surface area contributed by atoms with Gasteiger partial charge in [-0.15, -0.1) is 0 Å². The fourth-order valence-electron chi connectivity index (χ4n) is 1.84. The van der Waals surface area contributed by atoms with Crippen molar-refractivity contribution in [2.75, 3.05) is 12.8 Å². The maximum Gasteiger partial charge on any atom is 0.340 e. The van der Waals surface area contributed by atoms with E-state index in [1.807, 2.05) is 0 Å². The van der Waals surface area contributed by atoms with E-state index in [0.717, 1.165) is 12.1 Å². The van der Waals surface area contributed by atoms with Crippen molar-refractivity contribution in [1.82, 2.24) is 0 Å². The van der Waals surface area contributed by atoms with E-state index in [2.05, 4.69) is 4.74 Å². The van der Waals surface area contributed by atoms with Crippen molar-refractivity contribution in [3.8, 4) is 5.75 Å². The molecule has 2 N–H and O–H groups in total. The van der Waals surface area contributed by atoms with E-state index in [1.165, 1.54) is 13.2 Å². The quantitative estimate of drug-likeness (QED) is 0.695. The molecule has 0 fully saturated rings. The molecule has 2 aromatic carbocycles. The van der Waals surface area contributed by atoms with Crippen LogP contribution in [0.4, 0.5) is 14.5 Å². The molecule has 0 spiro atoms. The molecule has 0 saturated carbocycles. The van der Waals surface area contributed by atoms with Gasteiger partial charge in [0.05, 0.1) is 12.7 Å². The van der Waals surface area contributed by atoms with Crippen LogP contribution in [0.1, 0.15) is 15.9 Å². The SMILES string of the molecule is COC(=O)c1c(N)cccc1COc1ccc(F)cc1F. The fourth-order valence-corrected chi connectivity index (χ4v) is 1.84. The molecule has 0 aliphatic heterocycles. The Labute approximate surface area is 120 Å². The zero-order chi connectivity index (χ0) is 15.4. The van der Waals surface area contributed by atoms with Crippen molar-refractivity contribution in [3.05, 3.63) is 59.2 Å². The molecule has 6 heteroatoms. The Morgan fingerprint density at radius 1 is 1.24 bits per heavy atom. The lowest BCUT2D eigenvalue weighted by Gasteiger charge is -2.12. The highest BCUT2D eigenvalue weighted by molar-refractivity contribution is 5.96. The summed E-state index contributed by atoms with van der Waals surface area (Å²) in [5.41, 5.74) is 6.59. The average Bonchev–Trinajstić information content (AvgIpc) is 2.45. The number of nitrogen functional groups attached to an aromatic ring is 1. The molecule has 2 rings (SSSR count). The lowest BCUT2D eigenvalue weighted by molar-refractivity contribution is 0.0599. The van der Waals surface area contributed by atoms with E-state index >= 15 is 0 Å². The number of nitrogens with two attached hydrogens (primary N) is 1. The Balaban J connectivity index is 2.24. The summed E-state index contributed by atoms with van der Waals surface area (Å²) in [5, 5.41) is 0. The summed E-state index contributed by atoms with van der Waals surface area (Å²) in [4.78, 5) is 11.7. The van der Waals surface area contributed by atoms with Crippen LogP contribution in [0.5, 0.6) is 5.75 Å². The summed E-state index contributed by atoms with van der Waals surface area (Å²) in [6.07, 6.45) is 0. The Hall–Kier alpha value is -2.63. The first-order valence-electron chi connectivity index (χ1n) is 6.06. The van der Waals surface area contributed by atoms with Crippen LogP contribution in [-0.2, 0) is 11.3 Å². The highest BCUT2D eigenvalue weighted by Crippen LogP contribution is 2.22. The molecule has 0 aliphatic rings. The first-order valence-corrected chi connectivity index (χ1v) is 6.06. The molecule has 0 amide bonds. The third kappa shape index (κ3) is 3.28. The maximum absolute atomic E-state index is 13.5. The molecule has 0 saturated heterocycles. The molecule has 2 aromatic rings. The summed E-state index contributed by atoms with van der Waals surface area (Å²) in [6, 6.07) is 7.78. The third-order valence-corrected chi connectivity index (χ3v) is 2.85. The number of methoxy groups -OCH3 is 1. The van der Waals surface area contributed by atoms with E-state index in [9.17, 15) is 13.6 Å². The molecule has 21 heavy (non-hydrogen) atoms. The van der Waals surface area contributed by atoms with Gasteiger partial charge in [-0.3, -0.25) is 0 Å². The van der Waals surface area contributed by atoms with Gasteiger partial charge in [-0.25, -0.2) is 13.6 Å². The number of hydrogen-bond acceptors (Lipinski definition) is 4. The van der Waals surface area contributed by atoms with Crippen molar-refractivity contribution < 1.29 is 23.0 Å². The number of rotatable bonds is 4. The van der Waals surface area contributed by atoms with Crippen molar-refractivity contribution in [3.63, 3.8) is 0 Å². The van der Waals surface area contributed by atoms with Gasteiger partial charge in [0, 0.05) is 17.3 Å². The van der Waals surface area contributed by atoms with E-state index in [-0.39, 0.29) is 23.6 Å². The van der Waals surface area contributed by atoms with Gasteiger partial charge in [-0.1, -0.05) is 12.1 Å². The second-order valence-electron chi connectivity index (χ2n) is 4.24. The normalized spacial score (nSPS) is 10.2. The number of benzene rings is 2. The number of anilines is 1. The molecular weight excluding hydrogens is 280 g/mol. The third-order valence-electron chi connectivity index (χ3n) is 2.85. The second-order valence-corrected chi connectivity index (χ2v) is 4.24. The first-order chi connectivity index (χ1) is 10.0. The number of ether oxygens (including phenoxy) is 2. The van der Waals surface area contributed by atoms with Gasteiger partial charge in [0.15, 0.2) is 11.6 Å². The molecule has 0 bridgehead atoms. The predicted octanol–water partition coefficient (Wildman–Crippen LogP) is 2.91. The Bertz CT molecular complexity index is 674. The van der Waals surface area contributed by atoms with Crippen LogP contribution in [0.15, 0.2) is 36.4 Å². The van der Waals surface area contributed by atoms with Gasteiger partial charge in [-0.05, 0) is 18.2 Å². The van der Waals surface area contributed by atoms with Gasteiger partial charge in [0.2, 0.25) is 0 Å². The standard InChI is InChI=1S/C15H13F2NO3/c1-20-15(19)14-9(3-2-4-12(14)18)8-21-13-6-5-10(16)7-11(13)17/h2-7H,8,18H2,1H3. The zero-order valence-corrected chi connectivity index (χ0v) is 11.2. The van der Waals surface area contributed by atoms with Crippen molar-refractivity contribution in [1.29, 1.82) is 0 Å². The largest absolute Gasteiger partial charge is 0.486 e. The van der Waals surface area contributed by atoms with E-state index in [0.29, 0.717) is 5.56 Å². The molecule has 4 nitrogen and oxygen atoms in total. The Morgan fingerprint density at radius 3 is 2.67 bits per heavy atom. The molecule has 0 aromatic heterocycles. The summed E-state index contributed by atoms with van der Waals surface area (Å²) < 4.78 is 36.2. The van der Waals surface area contributed by atoms with Crippen LogP contribution in [0.3, 0.4) is 0 Å². The average molecular weight is 293 g/mol. The minimum Gasteiger partial charge on any atom is -0.486 e. The van der Waals surface area contributed by atoms with Crippen molar-refractivity contribution in [2.45, 2.75) is 6.61 Å².